The molecule has 1 saturated heterocycles. The van der Waals surface area contributed by atoms with Crippen LogP contribution in [0.25, 0.3) is 0 Å². The molecular formula is C16H24N2O. The van der Waals surface area contributed by atoms with Crippen molar-refractivity contribution in [3.05, 3.63) is 29.3 Å². The number of piperidine rings is 1. The quantitative estimate of drug-likeness (QED) is 0.826. The Hall–Kier alpha value is -1.35. The Bertz CT molecular complexity index is 423. The molecule has 0 unspecified atom stereocenters. The van der Waals surface area contributed by atoms with E-state index >= 15 is 0 Å². The van der Waals surface area contributed by atoms with Crippen molar-refractivity contribution in [1.29, 1.82) is 0 Å². The van der Waals surface area contributed by atoms with Crippen LogP contribution >= 0.6 is 0 Å². The summed E-state index contributed by atoms with van der Waals surface area (Å²) in [4.78, 5) is 6.92. The lowest BCUT2D eigenvalue weighted by Crippen LogP contribution is -2.31. The van der Waals surface area contributed by atoms with Crippen molar-refractivity contribution >= 4 is 6.21 Å². The normalized spacial score (nSPS) is 17.1. The summed E-state index contributed by atoms with van der Waals surface area (Å²) >= 11 is 0. The number of aromatic hydroxyl groups is 1. The number of aliphatic imine (C=N–C) groups is 1. The fourth-order valence-corrected chi connectivity index (χ4v) is 2.47. The lowest BCUT2D eigenvalue weighted by molar-refractivity contribution is 0.235. The van der Waals surface area contributed by atoms with Crippen LogP contribution in [-0.2, 0) is 6.42 Å². The van der Waals surface area contributed by atoms with Gasteiger partial charge in [-0.3, -0.25) is 4.99 Å². The summed E-state index contributed by atoms with van der Waals surface area (Å²) in [5, 5.41) is 9.78. The van der Waals surface area contributed by atoms with Crippen molar-refractivity contribution in [1.82, 2.24) is 4.90 Å². The van der Waals surface area contributed by atoms with Crippen molar-refractivity contribution in [2.24, 2.45) is 4.99 Å². The van der Waals surface area contributed by atoms with Gasteiger partial charge in [0.15, 0.2) is 0 Å². The van der Waals surface area contributed by atoms with Crippen LogP contribution in [0.1, 0.15) is 37.3 Å². The molecule has 1 aromatic rings. The van der Waals surface area contributed by atoms with Crippen molar-refractivity contribution in [2.75, 3.05) is 26.2 Å². The third kappa shape index (κ3) is 4.35. The smallest absolute Gasteiger partial charge is 0.124 e. The third-order valence-corrected chi connectivity index (χ3v) is 3.72. The highest BCUT2D eigenvalue weighted by molar-refractivity contribution is 5.83. The van der Waals surface area contributed by atoms with Crippen LogP contribution < -0.4 is 0 Å². The molecule has 0 atom stereocenters. The van der Waals surface area contributed by atoms with E-state index in [9.17, 15) is 5.11 Å². The zero-order chi connectivity index (χ0) is 13.5. The maximum Gasteiger partial charge on any atom is 0.124 e. The van der Waals surface area contributed by atoms with Crippen LogP contribution in [0.4, 0.5) is 0 Å². The second-order valence-electron chi connectivity index (χ2n) is 5.18. The molecule has 0 amide bonds. The molecule has 104 valence electrons. The van der Waals surface area contributed by atoms with Gasteiger partial charge in [0.25, 0.3) is 0 Å². The maximum absolute atomic E-state index is 9.78. The van der Waals surface area contributed by atoms with E-state index in [2.05, 4.69) is 16.8 Å². The van der Waals surface area contributed by atoms with Gasteiger partial charge in [-0.1, -0.05) is 19.4 Å². The van der Waals surface area contributed by atoms with E-state index in [0.29, 0.717) is 5.75 Å². The van der Waals surface area contributed by atoms with E-state index < -0.39 is 0 Å². The molecule has 1 heterocycles. The lowest BCUT2D eigenvalue weighted by Gasteiger charge is -2.25. The molecule has 1 N–H and O–H groups in total. The molecule has 0 aliphatic carbocycles. The maximum atomic E-state index is 9.78. The zero-order valence-corrected chi connectivity index (χ0v) is 11.8. The van der Waals surface area contributed by atoms with Crippen molar-refractivity contribution in [3.63, 3.8) is 0 Å². The molecule has 19 heavy (non-hydrogen) atoms. The van der Waals surface area contributed by atoms with Crippen LogP contribution in [0.2, 0.25) is 0 Å². The molecule has 0 spiro atoms. The van der Waals surface area contributed by atoms with Gasteiger partial charge in [-0.25, -0.2) is 0 Å². The van der Waals surface area contributed by atoms with E-state index in [4.69, 9.17) is 0 Å². The van der Waals surface area contributed by atoms with Gasteiger partial charge in [0, 0.05) is 18.3 Å². The Balaban J connectivity index is 1.84. The molecule has 2 rings (SSSR count). The average Bonchev–Trinajstić information content (AvgIpc) is 2.46. The SMILES string of the molecule is CCc1ccc(O)c(/C=N/CCN2CCCCC2)c1. The Kier molecular flexibility index (Phi) is 5.40. The molecule has 1 aromatic carbocycles. The molecule has 3 nitrogen and oxygen atoms in total. The number of phenols is 1. The van der Waals surface area contributed by atoms with E-state index in [1.54, 1.807) is 12.3 Å². The minimum atomic E-state index is 0.318. The Morgan fingerprint density at radius 3 is 2.79 bits per heavy atom. The summed E-state index contributed by atoms with van der Waals surface area (Å²) in [6.45, 7) is 6.39. The van der Waals surface area contributed by atoms with Crippen LogP contribution in [0.5, 0.6) is 5.75 Å². The predicted octanol–water partition coefficient (Wildman–Crippen LogP) is 2.86. The van der Waals surface area contributed by atoms with Crippen LogP contribution in [0.3, 0.4) is 0 Å². The van der Waals surface area contributed by atoms with Gasteiger partial charge in [-0.05, 0) is 50.0 Å². The second-order valence-corrected chi connectivity index (χ2v) is 5.18. The minimum absolute atomic E-state index is 0.318. The van der Waals surface area contributed by atoms with Gasteiger partial charge in [-0.2, -0.15) is 0 Å². The van der Waals surface area contributed by atoms with E-state index in [1.807, 2.05) is 12.1 Å². The van der Waals surface area contributed by atoms with Gasteiger partial charge in [0.1, 0.15) is 5.75 Å². The monoisotopic (exact) mass is 260 g/mol. The summed E-state index contributed by atoms with van der Waals surface area (Å²) in [5.74, 6) is 0.318. The predicted molar refractivity (Wildman–Crippen MR) is 80.2 cm³/mol. The Morgan fingerprint density at radius 1 is 1.26 bits per heavy atom. The molecule has 0 aromatic heterocycles. The summed E-state index contributed by atoms with van der Waals surface area (Å²) in [5.41, 5.74) is 2.06. The number of rotatable bonds is 5. The van der Waals surface area contributed by atoms with Gasteiger partial charge >= 0.3 is 0 Å². The van der Waals surface area contributed by atoms with E-state index in [0.717, 1.165) is 25.1 Å². The zero-order valence-electron chi connectivity index (χ0n) is 11.8. The van der Waals surface area contributed by atoms with Gasteiger partial charge in [0.2, 0.25) is 0 Å². The average molecular weight is 260 g/mol. The molecule has 1 aliphatic heterocycles. The summed E-state index contributed by atoms with van der Waals surface area (Å²) < 4.78 is 0. The van der Waals surface area contributed by atoms with Gasteiger partial charge in [0.05, 0.1) is 6.54 Å². The van der Waals surface area contributed by atoms with E-state index in [-0.39, 0.29) is 0 Å². The lowest BCUT2D eigenvalue weighted by atomic mass is 10.1. The summed E-state index contributed by atoms with van der Waals surface area (Å²) in [6.07, 6.45) is 6.80. The van der Waals surface area contributed by atoms with Gasteiger partial charge in [-0.15, -0.1) is 0 Å². The highest BCUT2D eigenvalue weighted by atomic mass is 16.3. The summed E-state index contributed by atoms with van der Waals surface area (Å²) in [6, 6.07) is 5.73. The molecular weight excluding hydrogens is 236 g/mol. The number of hydrogen-bond donors (Lipinski definition) is 1. The fourth-order valence-electron chi connectivity index (χ4n) is 2.47. The van der Waals surface area contributed by atoms with Gasteiger partial charge < -0.3 is 10.0 Å². The van der Waals surface area contributed by atoms with Crippen molar-refractivity contribution < 1.29 is 5.11 Å². The molecule has 0 radical (unpaired) electrons. The highest BCUT2D eigenvalue weighted by Crippen LogP contribution is 2.17. The first-order valence-corrected chi connectivity index (χ1v) is 7.33. The fraction of sp³-hybridized carbons (Fsp3) is 0.562. The molecule has 3 heteroatoms. The first kappa shape index (κ1) is 14.1. The third-order valence-electron chi connectivity index (χ3n) is 3.72. The number of likely N-dealkylation sites (tertiary alicyclic amines) is 1. The summed E-state index contributed by atoms with van der Waals surface area (Å²) in [7, 11) is 0. The number of phenolic OH excluding ortho intramolecular Hbond substituents is 1. The molecule has 0 bridgehead atoms. The van der Waals surface area contributed by atoms with Crippen LogP contribution in [0, 0.1) is 0 Å². The van der Waals surface area contributed by atoms with Crippen molar-refractivity contribution in [3.8, 4) is 5.75 Å². The number of hydrogen-bond acceptors (Lipinski definition) is 3. The first-order valence-electron chi connectivity index (χ1n) is 7.33. The Labute approximate surface area is 116 Å². The molecule has 0 saturated carbocycles. The standard InChI is InChI=1S/C16H24N2O/c1-2-14-6-7-16(19)15(12-14)13-17-8-11-18-9-4-3-5-10-18/h6-7,12-13,19H,2-5,8-11H2,1H3/b17-13+. The highest BCUT2D eigenvalue weighted by Gasteiger charge is 2.08. The second kappa shape index (κ2) is 7.29. The molecule has 1 fully saturated rings. The Morgan fingerprint density at radius 2 is 2.05 bits per heavy atom. The first-order chi connectivity index (χ1) is 9.29. The van der Waals surface area contributed by atoms with Crippen molar-refractivity contribution in [2.45, 2.75) is 32.6 Å². The topological polar surface area (TPSA) is 35.8 Å². The number of benzene rings is 1. The van der Waals surface area contributed by atoms with Crippen LogP contribution in [0.15, 0.2) is 23.2 Å². The van der Waals surface area contributed by atoms with Crippen LogP contribution in [-0.4, -0.2) is 42.4 Å². The minimum Gasteiger partial charge on any atom is -0.507 e. The largest absolute Gasteiger partial charge is 0.507 e. The number of nitrogens with zero attached hydrogens (tertiary/aromatic N) is 2. The molecule has 1 aliphatic rings. The van der Waals surface area contributed by atoms with E-state index in [1.165, 1.54) is 37.9 Å². The number of aryl methyl sites for hydroxylation is 1.